The Balaban J connectivity index is 4.29. The van der Waals surface area contributed by atoms with Gasteiger partial charge in [-0.15, -0.1) is 0 Å². The van der Waals surface area contributed by atoms with E-state index in [0.717, 1.165) is 109 Å². The summed E-state index contributed by atoms with van der Waals surface area (Å²) in [6.07, 6.45) is 88.8. The maximum absolute atomic E-state index is 12.9. The summed E-state index contributed by atoms with van der Waals surface area (Å²) in [5, 5.41) is 0. The van der Waals surface area contributed by atoms with Gasteiger partial charge in [-0.1, -0.05) is 311 Å². The number of carbonyl (C=O) groups is 3. The Hall–Kier alpha value is -3.41. The number of ether oxygens (including phenoxy) is 3. The zero-order valence-electron chi connectivity index (χ0n) is 52.4. The minimum Gasteiger partial charge on any atom is -0.462 e. The molecule has 79 heavy (non-hydrogen) atoms. The first-order valence-corrected chi connectivity index (χ1v) is 34.1. The molecule has 1 atom stereocenters. The standard InChI is InChI=1S/C73H128O6/c1-4-7-10-13-16-19-22-25-27-29-31-33-34-35-36-37-38-40-41-43-45-48-51-54-57-60-63-66-72(75)78-69-70(68-77-71(74)65-62-59-56-53-50-47-24-21-18-15-12-9-6-3)79-73(76)67-64-61-58-55-52-49-46-44-42-39-32-30-28-26-23-20-17-14-11-8-5-2/h7,10,16,19,23,25-27,30-33,42,44,70H,4-6,8-9,11-15,17-18,20-22,24,28-29,34-41,43,45-69H2,1-3H3/b10-7-,19-16-,26-23-,27-25-,32-30-,33-31-,44-42-. The molecule has 0 bridgehead atoms. The van der Waals surface area contributed by atoms with Crippen molar-refractivity contribution in [1.29, 1.82) is 0 Å². The van der Waals surface area contributed by atoms with E-state index in [9.17, 15) is 14.4 Å². The van der Waals surface area contributed by atoms with Crippen molar-refractivity contribution in [1.82, 2.24) is 0 Å². The molecule has 0 radical (unpaired) electrons. The highest BCUT2D eigenvalue weighted by atomic mass is 16.6. The van der Waals surface area contributed by atoms with Gasteiger partial charge in [0.15, 0.2) is 6.10 Å². The van der Waals surface area contributed by atoms with Gasteiger partial charge in [-0.25, -0.2) is 0 Å². The first-order valence-electron chi connectivity index (χ1n) is 34.1. The van der Waals surface area contributed by atoms with Crippen LogP contribution in [0.2, 0.25) is 0 Å². The summed E-state index contributed by atoms with van der Waals surface area (Å²) < 4.78 is 17.0. The van der Waals surface area contributed by atoms with Crippen LogP contribution in [0.4, 0.5) is 0 Å². The summed E-state index contributed by atoms with van der Waals surface area (Å²) in [5.41, 5.74) is 0. The van der Waals surface area contributed by atoms with Gasteiger partial charge in [-0.05, 0) is 96.3 Å². The molecular formula is C73H128O6. The maximum Gasteiger partial charge on any atom is 0.306 e. The summed E-state index contributed by atoms with van der Waals surface area (Å²) in [4.78, 5) is 38.4. The molecule has 0 heterocycles. The molecule has 0 amide bonds. The third-order valence-corrected chi connectivity index (χ3v) is 14.9. The van der Waals surface area contributed by atoms with Gasteiger partial charge in [0.05, 0.1) is 0 Å². The number of carbonyl (C=O) groups excluding carboxylic acids is 3. The topological polar surface area (TPSA) is 78.9 Å². The minimum atomic E-state index is -0.783. The van der Waals surface area contributed by atoms with Crippen LogP contribution in [0, 0.1) is 0 Å². The number of rotatable bonds is 62. The van der Waals surface area contributed by atoms with Crippen LogP contribution >= 0.6 is 0 Å². The smallest absolute Gasteiger partial charge is 0.306 e. The van der Waals surface area contributed by atoms with E-state index in [1.165, 1.54) is 193 Å². The fraction of sp³-hybridized carbons (Fsp3) is 0.767. The Morgan fingerprint density at radius 1 is 0.266 bits per heavy atom. The van der Waals surface area contributed by atoms with Crippen LogP contribution in [0.25, 0.3) is 0 Å². The molecule has 1 unspecified atom stereocenters. The van der Waals surface area contributed by atoms with Crippen LogP contribution in [-0.4, -0.2) is 37.2 Å². The van der Waals surface area contributed by atoms with Crippen molar-refractivity contribution in [3.63, 3.8) is 0 Å². The van der Waals surface area contributed by atoms with Crippen LogP contribution in [0.1, 0.15) is 342 Å². The molecule has 0 aliphatic heterocycles. The van der Waals surface area contributed by atoms with Gasteiger partial charge in [-0.3, -0.25) is 14.4 Å². The molecule has 6 heteroatoms. The molecule has 0 spiro atoms. The average molecular weight is 1100 g/mol. The highest BCUT2D eigenvalue weighted by Crippen LogP contribution is 2.17. The van der Waals surface area contributed by atoms with Crippen molar-refractivity contribution < 1.29 is 28.6 Å². The van der Waals surface area contributed by atoms with E-state index in [4.69, 9.17) is 14.2 Å². The van der Waals surface area contributed by atoms with Crippen molar-refractivity contribution in [3.8, 4) is 0 Å². The van der Waals surface area contributed by atoms with E-state index in [2.05, 4.69) is 106 Å². The van der Waals surface area contributed by atoms with E-state index in [1.54, 1.807) is 0 Å². The van der Waals surface area contributed by atoms with Gasteiger partial charge < -0.3 is 14.2 Å². The Morgan fingerprint density at radius 2 is 0.494 bits per heavy atom. The molecule has 0 aromatic carbocycles. The van der Waals surface area contributed by atoms with Gasteiger partial charge in [-0.2, -0.15) is 0 Å². The van der Waals surface area contributed by atoms with Gasteiger partial charge >= 0.3 is 17.9 Å². The lowest BCUT2D eigenvalue weighted by molar-refractivity contribution is -0.167. The third-order valence-electron chi connectivity index (χ3n) is 14.9. The summed E-state index contributed by atoms with van der Waals surface area (Å²) in [6.45, 7) is 6.55. The molecule has 456 valence electrons. The van der Waals surface area contributed by atoms with Crippen molar-refractivity contribution in [2.75, 3.05) is 13.2 Å². The van der Waals surface area contributed by atoms with E-state index in [1.807, 2.05) is 0 Å². The van der Waals surface area contributed by atoms with Crippen LogP contribution < -0.4 is 0 Å². The summed E-state index contributed by atoms with van der Waals surface area (Å²) >= 11 is 0. The van der Waals surface area contributed by atoms with Crippen LogP contribution in [-0.2, 0) is 28.6 Å². The van der Waals surface area contributed by atoms with Crippen molar-refractivity contribution in [2.45, 2.75) is 348 Å². The lowest BCUT2D eigenvalue weighted by Gasteiger charge is -2.18. The van der Waals surface area contributed by atoms with Crippen LogP contribution in [0.15, 0.2) is 85.1 Å². The van der Waals surface area contributed by atoms with E-state index in [-0.39, 0.29) is 31.1 Å². The molecule has 0 aromatic rings. The van der Waals surface area contributed by atoms with Crippen molar-refractivity contribution in [3.05, 3.63) is 85.1 Å². The fourth-order valence-electron chi connectivity index (χ4n) is 9.80. The largest absolute Gasteiger partial charge is 0.462 e. The normalized spacial score (nSPS) is 12.6. The molecule has 0 N–H and O–H groups in total. The summed E-state index contributed by atoms with van der Waals surface area (Å²) in [6, 6.07) is 0. The molecule has 6 nitrogen and oxygen atoms in total. The molecule has 0 aliphatic rings. The predicted octanol–water partition coefficient (Wildman–Crippen LogP) is 23.4. The molecule has 0 fully saturated rings. The second-order valence-electron chi connectivity index (χ2n) is 22.7. The molecule has 0 saturated heterocycles. The minimum absolute atomic E-state index is 0.0779. The highest BCUT2D eigenvalue weighted by Gasteiger charge is 2.19. The van der Waals surface area contributed by atoms with Crippen molar-refractivity contribution in [2.24, 2.45) is 0 Å². The molecule has 0 aromatic heterocycles. The van der Waals surface area contributed by atoms with E-state index < -0.39 is 6.10 Å². The SMILES string of the molecule is CC/C=C\C/C=C\C/C=C\C/C=C\CCCCCCCCCCCCCCCCC(=O)OCC(COC(=O)CCCCCCCCCCCCCCC)OC(=O)CCCCCCCC/C=C\C/C=C\C/C=C\CCCCCCC. The van der Waals surface area contributed by atoms with E-state index >= 15 is 0 Å². The van der Waals surface area contributed by atoms with E-state index in [0.29, 0.717) is 19.3 Å². The second-order valence-corrected chi connectivity index (χ2v) is 22.7. The first kappa shape index (κ1) is 75.6. The Morgan fingerprint density at radius 3 is 0.772 bits per heavy atom. The average Bonchev–Trinajstić information content (AvgIpc) is 3.45. The maximum atomic E-state index is 12.9. The Kier molecular flexibility index (Phi) is 64.2. The lowest BCUT2D eigenvalue weighted by atomic mass is 10.0. The molecule has 0 aliphatic carbocycles. The molecule has 0 saturated carbocycles. The highest BCUT2D eigenvalue weighted by molar-refractivity contribution is 5.71. The first-order chi connectivity index (χ1) is 39.0. The van der Waals surface area contributed by atoms with Gasteiger partial charge in [0.25, 0.3) is 0 Å². The number of hydrogen-bond donors (Lipinski definition) is 0. The van der Waals surface area contributed by atoms with Crippen LogP contribution in [0.3, 0.4) is 0 Å². The molecular weight excluding hydrogens is 973 g/mol. The quantitative estimate of drug-likeness (QED) is 0.0261. The Labute approximate surface area is 490 Å². The second kappa shape index (κ2) is 67.1. The zero-order chi connectivity index (χ0) is 57.1. The van der Waals surface area contributed by atoms with Crippen molar-refractivity contribution >= 4 is 17.9 Å². The van der Waals surface area contributed by atoms with Crippen LogP contribution in [0.5, 0.6) is 0 Å². The van der Waals surface area contributed by atoms with Gasteiger partial charge in [0, 0.05) is 19.3 Å². The summed E-state index contributed by atoms with van der Waals surface area (Å²) in [7, 11) is 0. The number of unbranched alkanes of at least 4 members (excludes halogenated alkanes) is 37. The zero-order valence-corrected chi connectivity index (χ0v) is 52.4. The monoisotopic (exact) mass is 1100 g/mol. The number of esters is 3. The lowest BCUT2D eigenvalue weighted by Crippen LogP contribution is -2.30. The third kappa shape index (κ3) is 65.3. The predicted molar refractivity (Wildman–Crippen MR) is 344 cm³/mol. The molecule has 0 rings (SSSR count). The number of hydrogen-bond acceptors (Lipinski definition) is 6. The van der Waals surface area contributed by atoms with Gasteiger partial charge in [0.2, 0.25) is 0 Å². The Bertz CT molecular complexity index is 1500. The summed E-state index contributed by atoms with van der Waals surface area (Å²) in [5.74, 6) is -0.874. The number of allylic oxidation sites excluding steroid dienone is 14. The van der Waals surface area contributed by atoms with Gasteiger partial charge in [0.1, 0.15) is 13.2 Å². The fourth-order valence-corrected chi connectivity index (χ4v) is 9.80.